The van der Waals surface area contributed by atoms with Gasteiger partial charge in [0.2, 0.25) is 11.8 Å². The Kier molecular flexibility index (Phi) is 5.37. The van der Waals surface area contributed by atoms with Crippen molar-refractivity contribution in [1.29, 1.82) is 0 Å². The molecular weight excluding hydrogens is 387 g/mol. The Labute approximate surface area is 162 Å². The summed E-state index contributed by atoms with van der Waals surface area (Å²) in [5.41, 5.74) is 0.366. The monoisotopic (exact) mass is 406 g/mol. The fourth-order valence-electron chi connectivity index (χ4n) is 2.98. The van der Waals surface area contributed by atoms with Gasteiger partial charge in [0.1, 0.15) is 11.6 Å². The maximum absolute atomic E-state index is 14.0. The second kappa shape index (κ2) is 7.59. The van der Waals surface area contributed by atoms with Crippen LogP contribution in [0.4, 0.5) is 15.8 Å². The minimum atomic E-state index is -3.55. The van der Waals surface area contributed by atoms with Crippen LogP contribution in [0.1, 0.15) is 6.42 Å². The molecule has 1 fully saturated rings. The Balaban J connectivity index is 1.77. The molecule has 28 heavy (non-hydrogen) atoms. The molecule has 0 radical (unpaired) electrons. The highest BCUT2D eigenvalue weighted by Gasteiger charge is 2.35. The Hall–Kier alpha value is -2.94. The van der Waals surface area contributed by atoms with E-state index in [0.717, 1.165) is 24.5 Å². The number of carbonyl (C=O) groups excluding carboxylic acids is 2. The molecule has 2 aromatic carbocycles. The van der Waals surface area contributed by atoms with Crippen LogP contribution in [0.3, 0.4) is 0 Å². The van der Waals surface area contributed by atoms with Crippen LogP contribution < -0.4 is 15.0 Å². The summed E-state index contributed by atoms with van der Waals surface area (Å²) in [7, 11) is -2.04. The third kappa shape index (κ3) is 4.14. The number of benzene rings is 2. The van der Waals surface area contributed by atoms with Gasteiger partial charge < -0.3 is 15.0 Å². The van der Waals surface area contributed by atoms with Crippen LogP contribution in [0.25, 0.3) is 0 Å². The molecule has 1 aliphatic rings. The van der Waals surface area contributed by atoms with Gasteiger partial charge in [-0.15, -0.1) is 0 Å². The van der Waals surface area contributed by atoms with Crippen LogP contribution in [0, 0.1) is 11.7 Å². The number of anilines is 2. The van der Waals surface area contributed by atoms with E-state index in [4.69, 9.17) is 4.74 Å². The van der Waals surface area contributed by atoms with Gasteiger partial charge in [-0.25, -0.2) is 12.8 Å². The van der Waals surface area contributed by atoms with Crippen molar-refractivity contribution >= 4 is 33.0 Å². The number of methoxy groups -OCH3 is 1. The van der Waals surface area contributed by atoms with Gasteiger partial charge in [0.25, 0.3) is 0 Å². The van der Waals surface area contributed by atoms with Crippen molar-refractivity contribution in [2.45, 2.75) is 11.3 Å². The number of hydrogen-bond acceptors (Lipinski definition) is 5. The highest BCUT2D eigenvalue weighted by molar-refractivity contribution is 7.90. The van der Waals surface area contributed by atoms with E-state index in [0.29, 0.717) is 11.4 Å². The van der Waals surface area contributed by atoms with E-state index in [1.54, 1.807) is 24.3 Å². The van der Waals surface area contributed by atoms with E-state index in [1.165, 1.54) is 12.0 Å². The minimum Gasteiger partial charge on any atom is -0.497 e. The van der Waals surface area contributed by atoms with Gasteiger partial charge in [0.05, 0.1) is 23.6 Å². The molecular formula is C19H19FN2O5S. The van der Waals surface area contributed by atoms with Crippen LogP contribution in [0.5, 0.6) is 5.75 Å². The smallest absolute Gasteiger partial charge is 0.229 e. The second-order valence-electron chi connectivity index (χ2n) is 6.51. The van der Waals surface area contributed by atoms with Crippen LogP contribution in [-0.2, 0) is 19.4 Å². The van der Waals surface area contributed by atoms with Crippen molar-refractivity contribution in [3.05, 3.63) is 48.3 Å². The lowest BCUT2D eigenvalue weighted by molar-refractivity contribution is -0.122. The molecule has 3 rings (SSSR count). The summed E-state index contributed by atoms with van der Waals surface area (Å²) in [6.45, 7) is 0.130. The van der Waals surface area contributed by atoms with Crippen LogP contribution in [0.2, 0.25) is 0 Å². The molecule has 1 saturated heterocycles. The molecule has 0 bridgehead atoms. The summed E-state index contributed by atoms with van der Waals surface area (Å²) in [6.07, 6.45) is 0.962. The van der Waals surface area contributed by atoms with E-state index in [-0.39, 0.29) is 29.5 Å². The van der Waals surface area contributed by atoms with Crippen LogP contribution in [0.15, 0.2) is 47.4 Å². The maximum atomic E-state index is 14.0. The quantitative estimate of drug-likeness (QED) is 0.769. The summed E-state index contributed by atoms with van der Waals surface area (Å²) in [5.74, 6) is -1.66. The zero-order chi connectivity index (χ0) is 20.5. The highest BCUT2D eigenvalue weighted by Crippen LogP contribution is 2.29. The summed E-state index contributed by atoms with van der Waals surface area (Å²) >= 11 is 0. The molecule has 1 N–H and O–H groups in total. The third-order valence-corrected chi connectivity index (χ3v) is 5.59. The average molecular weight is 406 g/mol. The molecule has 0 aromatic heterocycles. The largest absolute Gasteiger partial charge is 0.497 e. The third-order valence-electron chi connectivity index (χ3n) is 4.48. The molecule has 0 saturated carbocycles. The normalized spacial score (nSPS) is 16.9. The van der Waals surface area contributed by atoms with E-state index in [2.05, 4.69) is 5.32 Å². The van der Waals surface area contributed by atoms with Gasteiger partial charge in [-0.3, -0.25) is 9.59 Å². The molecule has 2 aromatic rings. The fraction of sp³-hybridized carbons (Fsp3) is 0.263. The molecule has 1 aliphatic heterocycles. The number of halogens is 1. The number of hydrogen-bond donors (Lipinski definition) is 1. The maximum Gasteiger partial charge on any atom is 0.229 e. The lowest BCUT2D eigenvalue weighted by Gasteiger charge is -2.17. The first-order chi connectivity index (χ1) is 13.2. The standard InChI is InChI=1S/C19H19FN2O5S/c1-27-14-5-3-4-13(9-14)22-11-12(8-18(22)23)19(24)21-17-10-15(28(2,25)26)6-7-16(17)20/h3-7,9-10,12H,8,11H2,1-2H3,(H,21,24). The van der Waals surface area contributed by atoms with E-state index < -0.39 is 27.5 Å². The SMILES string of the molecule is COc1cccc(N2CC(C(=O)Nc3cc(S(C)(=O)=O)ccc3F)CC2=O)c1. The van der Waals surface area contributed by atoms with Crippen molar-refractivity contribution < 1.29 is 27.1 Å². The number of nitrogens with zero attached hydrogens (tertiary/aromatic N) is 1. The van der Waals surface area contributed by atoms with Crippen LogP contribution >= 0.6 is 0 Å². The molecule has 1 heterocycles. The summed E-state index contributed by atoms with van der Waals surface area (Å²) < 4.78 is 42.4. The van der Waals surface area contributed by atoms with E-state index >= 15 is 0 Å². The van der Waals surface area contributed by atoms with Crippen LogP contribution in [-0.4, -0.2) is 40.1 Å². The molecule has 1 unspecified atom stereocenters. The van der Waals surface area contributed by atoms with Gasteiger partial charge in [0.15, 0.2) is 9.84 Å². The zero-order valence-corrected chi connectivity index (χ0v) is 16.1. The Morgan fingerprint density at radius 1 is 1.25 bits per heavy atom. The van der Waals surface area contributed by atoms with Crippen molar-refractivity contribution in [2.75, 3.05) is 30.1 Å². The van der Waals surface area contributed by atoms with Gasteiger partial charge in [0, 0.05) is 31.0 Å². The number of rotatable bonds is 5. The molecule has 9 heteroatoms. The first-order valence-electron chi connectivity index (χ1n) is 8.44. The number of ether oxygens (including phenoxy) is 1. The van der Waals surface area contributed by atoms with Gasteiger partial charge >= 0.3 is 0 Å². The molecule has 148 valence electrons. The predicted molar refractivity (Wildman–Crippen MR) is 102 cm³/mol. The molecule has 0 spiro atoms. The number of sulfone groups is 1. The first kappa shape index (κ1) is 19.8. The Morgan fingerprint density at radius 3 is 2.68 bits per heavy atom. The Morgan fingerprint density at radius 2 is 2.00 bits per heavy atom. The van der Waals surface area contributed by atoms with Gasteiger partial charge in [-0.1, -0.05) is 6.07 Å². The summed E-state index contributed by atoms with van der Waals surface area (Å²) in [4.78, 5) is 26.3. The zero-order valence-electron chi connectivity index (χ0n) is 15.3. The minimum absolute atomic E-state index is 0.0313. The Bertz CT molecular complexity index is 1040. The van der Waals surface area contributed by atoms with Crippen molar-refractivity contribution in [3.63, 3.8) is 0 Å². The van der Waals surface area contributed by atoms with Crippen molar-refractivity contribution in [2.24, 2.45) is 5.92 Å². The van der Waals surface area contributed by atoms with E-state index in [1.807, 2.05) is 0 Å². The lowest BCUT2D eigenvalue weighted by Crippen LogP contribution is -2.28. The topological polar surface area (TPSA) is 92.8 Å². The molecule has 0 aliphatic carbocycles. The average Bonchev–Trinajstić information content (AvgIpc) is 3.04. The highest BCUT2D eigenvalue weighted by atomic mass is 32.2. The second-order valence-corrected chi connectivity index (χ2v) is 8.53. The first-order valence-corrected chi connectivity index (χ1v) is 10.3. The van der Waals surface area contributed by atoms with Crippen molar-refractivity contribution in [3.8, 4) is 5.75 Å². The molecule has 2 amide bonds. The predicted octanol–water partition coefficient (Wildman–Crippen LogP) is 2.23. The number of nitrogens with one attached hydrogen (secondary N) is 1. The molecule has 7 nitrogen and oxygen atoms in total. The summed E-state index contributed by atoms with van der Waals surface area (Å²) in [6, 6.07) is 10.1. The summed E-state index contributed by atoms with van der Waals surface area (Å²) in [5, 5.41) is 2.40. The van der Waals surface area contributed by atoms with Gasteiger partial charge in [-0.05, 0) is 30.3 Å². The fourth-order valence-corrected chi connectivity index (χ4v) is 3.62. The number of amides is 2. The molecule has 1 atom stereocenters. The number of carbonyl (C=O) groups is 2. The van der Waals surface area contributed by atoms with Crippen molar-refractivity contribution in [1.82, 2.24) is 0 Å². The van der Waals surface area contributed by atoms with E-state index in [9.17, 15) is 22.4 Å². The van der Waals surface area contributed by atoms with Gasteiger partial charge in [-0.2, -0.15) is 0 Å². The lowest BCUT2D eigenvalue weighted by atomic mass is 10.1.